The Kier molecular flexibility index (Phi) is 11.8. The van der Waals surface area contributed by atoms with Crippen LogP contribution in [0.1, 0.15) is 60.8 Å². The molecule has 0 radical (unpaired) electrons. The lowest BCUT2D eigenvalue weighted by atomic mass is 9.72. The van der Waals surface area contributed by atoms with Gasteiger partial charge < -0.3 is 9.47 Å². The summed E-state index contributed by atoms with van der Waals surface area (Å²) in [5, 5.41) is 0. The lowest BCUT2D eigenvalue weighted by Gasteiger charge is -2.32. The zero-order valence-electron chi connectivity index (χ0n) is 19.1. The predicted octanol–water partition coefficient (Wildman–Crippen LogP) is 5.13. The van der Waals surface area contributed by atoms with Crippen LogP contribution in [0.3, 0.4) is 0 Å². The van der Waals surface area contributed by atoms with E-state index in [-0.39, 0.29) is 11.2 Å². The van der Waals surface area contributed by atoms with Crippen LogP contribution in [0.5, 0.6) is 0 Å². The SMILES string of the molecule is CC(C)=C/C=C/C(=O)/C=C/C1=C(C)CCCC1(C)C.COC(=O)C(C)C(=O)OC. The third-order valence-electron chi connectivity index (χ3n) is 4.76. The summed E-state index contributed by atoms with van der Waals surface area (Å²) in [7, 11) is 2.45. The molecule has 0 N–H and O–H groups in total. The van der Waals surface area contributed by atoms with E-state index in [1.807, 2.05) is 32.1 Å². The van der Waals surface area contributed by atoms with Gasteiger partial charge in [-0.05, 0) is 70.1 Å². The molecule has 5 heteroatoms. The van der Waals surface area contributed by atoms with Gasteiger partial charge in [0.05, 0.1) is 14.2 Å². The second-order valence-corrected chi connectivity index (χ2v) is 8.04. The van der Waals surface area contributed by atoms with Crippen LogP contribution in [-0.4, -0.2) is 31.9 Å². The first-order valence-corrected chi connectivity index (χ1v) is 9.85. The maximum atomic E-state index is 11.8. The van der Waals surface area contributed by atoms with E-state index in [0.717, 1.165) is 6.42 Å². The number of carbonyl (C=O) groups is 3. The fourth-order valence-corrected chi connectivity index (χ4v) is 3.02. The van der Waals surface area contributed by atoms with Crippen molar-refractivity contribution in [1.29, 1.82) is 0 Å². The maximum absolute atomic E-state index is 11.8. The van der Waals surface area contributed by atoms with Crippen molar-refractivity contribution in [3.8, 4) is 0 Å². The Morgan fingerprint density at radius 2 is 1.59 bits per heavy atom. The Hall–Kier alpha value is -2.43. The van der Waals surface area contributed by atoms with Gasteiger partial charge in [0.15, 0.2) is 11.7 Å². The molecule has 0 aliphatic heterocycles. The summed E-state index contributed by atoms with van der Waals surface area (Å²) in [6.07, 6.45) is 12.7. The first-order chi connectivity index (χ1) is 13.5. The molecule has 1 aliphatic carbocycles. The smallest absolute Gasteiger partial charge is 0.319 e. The van der Waals surface area contributed by atoms with Crippen LogP contribution in [0, 0.1) is 11.3 Å². The van der Waals surface area contributed by atoms with E-state index in [9.17, 15) is 14.4 Å². The average Bonchev–Trinajstić information content (AvgIpc) is 2.65. The lowest BCUT2D eigenvalue weighted by Crippen LogP contribution is -2.23. The minimum absolute atomic E-state index is 0.0548. The summed E-state index contributed by atoms with van der Waals surface area (Å²) in [6, 6.07) is 0. The van der Waals surface area contributed by atoms with Crippen molar-refractivity contribution in [2.24, 2.45) is 11.3 Å². The number of methoxy groups -OCH3 is 2. The highest BCUT2D eigenvalue weighted by molar-refractivity contribution is 5.99. The van der Waals surface area contributed by atoms with Gasteiger partial charge in [-0.1, -0.05) is 43.2 Å². The van der Waals surface area contributed by atoms with E-state index < -0.39 is 17.9 Å². The average molecular weight is 405 g/mol. The molecule has 0 atom stereocenters. The van der Waals surface area contributed by atoms with Crippen LogP contribution in [0.4, 0.5) is 0 Å². The van der Waals surface area contributed by atoms with Gasteiger partial charge in [0.1, 0.15) is 0 Å². The summed E-state index contributed by atoms with van der Waals surface area (Å²) in [5.74, 6) is -1.92. The highest BCUT2D eigenvalue weighted by atomic mass is 16.5. The Morgan fingerprint density at radius 1 is 1.03 bits per heavy atom. The second-order valence-electron chi connectivity index (χ2n) is 8.04. The Labute approximate surface area is 175 Å². The quantitative estimate of drug-likeness (QED) is 0.266. The van der Waals surface area contributed by atoms with Gasteiger partial charge >= 0.3 is 11.9 Å². The van der Waals surface area contributed by atoms with E-state index in [2.05, 4.69) is 30.2 Å². The number of carbonyl (C=O) groups excluding carboxylic acids is 3. The molecule has 0 aromatic rings. The van der Waals surface area contributed by atoms with Gasteiger partial charge in [-0.25, -0.2) is 0 Å². The molecule has 0 unspecified atom stereocenters. The number of hydrogen-bond donors (Lipinski definition) is 0. The highest BCUT2D eigenvalue weighted by Gasteiger charge is 2.26. The molecule has 0 spiro atoms. The highest BCUT2D eigenvalue weighted by Crippen LogP contribution is 2.40. The van der Waals surface area contributed by atoms with E-state index in [1.165, 1.54) is 50.7 Å². The molecule has 0 bridgehead atoms. The molecular weight excluding hydrogens is 368 g/mol. The van der Waals surface area contributed by atoms with Crippen molar-refractivity contribution in [1.82, 2.24) is 0 Å². The largest absolute Gasteiger partial charge is 0.468 e. The van der Waals surface area contributed by atoms with Crippen LogP contribution in [0.25, 0.3) is 0 Å². The zero-order valence-corrected chi connectivity index (χ0v) is 19.1. The molecule has 29 heavy (non-hydrogen) atoms. The summed E-state index contributed by atoms with van der Waals surface area (Å²) < 4.78 is 8.59. The predicted molar refractivity (Wildman–Crippen MR) is 116 cm³/mol. The van der Waals surface area contributed by atoms with Crippen LogP contribution in [-0.2, 0) is 23.9 Å². The molecule has 0 heterocycles. The van der Waals surface area contributed by atoms with Crippen molar-refractivity contribution in [3.63, 3.8) is 0 Å². The number of ether oxygens (including phenoxy) is 2. The molecule has 0 aromatic heterocycles. The van der Waals surface area contributed by atoms with Crippen molar-refractivity contribution < 1.29 is 23.9 Å². The molecule has 0 amide bonds. The van der Waals surface area contributed by atoms with Gasteiger partial charge in [0.2, 0.25) is 0 Å². The van der Waals surface area contributed by atoms with E-state index in [1.54, 1.807) is 12.2 Å². The van der Waals surface area contributed by atoms with Crippen molar-refractivity contribution in [3.05, 3.63) is 47.1 Å². The van der Waals surface area contributed by atoms with Gasteiger partial charge in [-0.3, -0.25) is 14.4 Å². The monoisotopic (exact) mass is 404 g/mol. The Morgan fingerprint density at radius 3 is 2.03 bits per heavy atom. The van der Waals surface area contributed by atoms with Gasteiger partial charge in [0.25, 0.3) is 0 Å². The first kappa shape index (κ1) is 26.6. The minimum Gasteiger partial charge on any atom is -0.468 e. The van der Waals surface area contributed by atoms with Crippen LogP contribution in [0.2, 0.25) is 0 Å². The molecule has 1 aliphatic rings. The number of ketones is 1. The third-order valence-corrected chi connectivity index (χ3v) is 4.76. The van der Waals surface area contributed by atoms with E-state index in [4.69, 9.17) is 0 Å². The number of hydrogen-bond acceptors (Lipinski definition) is 5. The van der Waals surface area contributed by atoms with Crippen molar-refractivity contribution in [2.75, 3.05) is 14.2 Å². The summed E-state index contributed by atoms with van der Waals surface area (Å²) >= 11 is 0. The molecule has 162 valence electrons. The Bertz CT molecular complexity index is 685. The molecular formula is C24H36O5. The normalized spacial score (nSPS) is 15.8. The minimum atomic E-state index is -0.824. The van der Waals surface area contributed by atoms with Crippen LogP contribution in [0.15, 0.2) is 47.1 Å². The second kappa shape index (κ2) is 12.9. The molecule has 0 saturated heterocycles. The molecule has 0 aromatic carbocycles. The molecule has 1 rings (SSSR count). The van der Waals surface area contributed by atoms with Gasteiger partial charge in [-0.2, -0.15) is 0 Å². The maximum Gasteiger partial charge on any atom is 0.319 e. The third kappa shape index (κ3) is 10.1. The van der Waals surface area contributed by atoms with Crippen LogP contribution < -0.4 is 0 Å². The standard InChI is InChI=1S/C18H26O.C6H10O4/c1-14(2)8-6-10-16(19)11-12-17-15(3)9-7-13-18(17,4)5;1-4(5(7)9-2)6(8)10-3/h6,8,10-12H,7,9,13H2,1-5H3;4H,1-3H3/b10-6+,12-11+;. The number of esters is 2. The Balaban J connectivity index is 0.000000665. The summed E-state index contributed by atoms with van der Waals surface area (Å²) in [4.78, 5) is 32.9. The fraction of sp³-hybridized carbons (Fsp3) is 0.542. The molecule has 0 saturated carbocycles. The lowest BCUT2D eigenvalue weighted by molar-refractivity contribution is -0.157. The summed E-state index contributed by atoms with van der Waals surface area (Å²) in [6.45, 7) is 12.2. The first-order valence-electron chi connectivity index (χ1n) is 9.85. The number of allylic oxidation sites excluding steroid dienone is 8. The van der Waals surface area contributed by atoms with E-state index in [0.29, 0.717) is 0 Å². The zero-order chi connectivity index (χ0) is 22.6. The fourth-order valence-electron chi connectivity index (χ4n) is 3.02. The van der Waals surface area contributed by atoms with Crippen molar-refractivity contribution in [2.45, 2.75) is 60.8 Å². The van der Waals surface area contributed by atoms with E-state index >= 15 is 0 Å². The molecule has 5 nitrogen and oxygen atoms in total. The molecule has 0 fully saturated rings. The van der Waals surface area contributed by atoms with Gasteiger partial charge in [0, 0.05) is 0 Å². The van der Waals surface area contributed by atoms with Gasteiger partial charge in [-0.15, -0.1) is 0 Å². The van der Waals surface area contributed by atoms with Crippen molar-refractivity contribution >= 4 is 17.7 Å². The van der Waals surface area contributed by atoms with Crippen LogP contribution >= 0.6 is 0 Å². The summed E-state index contributed by atoms with van der Waals surface area (Å²) in [5.41, 5.74) is 4.15. The number of rotatable bonds is 6. The topological polar surface area (TPSA) is 69.7 Å².